The Labute approximate surface area is 131 Å². The van der Waals surface area contributed by atoms with Gasteiger partial charge in [0.05, 0.1) is 18.2 Å². The van der Waals surface area contributed by atoms with E-state index in [9.17, 15) is 4.79 Å². The Kier molecular flexibility index (Phi) is 5.58. The number of unbranched alkanes of at least 4 members (excludes halogenated alkanes) is 1. The first-order valence-electron chi connectivity index (χ1n) is 6.61. The number of hydrogen-bond acceptors (Lipinski definition) is 4. The van der Waals surface area contributed by atoms with Crippen molar-refractivity contribution in [2.45, 2.75) is 25.9 Å². The van der Waals surface area contributed by atoms with Crippen molar-refractivity contribution in [3.05, 3.63) is 39.7 Å². The van der Waals surface area contributed by atoms with Gasteiger partial charge in [-0.2, -0.15) is 5.10 Å². The zero-order valence-corrected chi connectivity index (χ0v) is 13.1. The lowest BCUT2D eigenvalue weighted by Gasteiger charge is -2.09. The number of halogens is 1. The van der Waals surface area contributed by atoms with Crippen LogP contribution in [0, 0.1) is 12.3 Å². The van der Waals surface area contributed by atoms with E-state index in [2.05, 4.69) is 37.2 Å². The maximum atomic E-state index is 11.9. The molecule has 0 saturated heterocycles. The van der Waals surface area contributed by atoms with Gasteiger partial charge >= 0.3 is 0 Å². The maximum Gasteiger partial charge on any atom is 0.284 e. The number of imidazole rings is 1. The fourth-order valence-corrected chi connectivity index (χ4v) is 2.30. The van der Waals surface area contributed by atoms with Crippen molar-refractivity contribution in [2.24, 2.45) is 0 Å². The highest BCUT2D eigenvalue weighted by Gasteiger charge is 2.07. The highest BCUT2D eigenvalue weighted by atomic mass is 79.9. The second-order valence-corrected chi connectivity index (χ2v) is 5.27. The van der Waals surface area contributed by atoms with Crippen molar-refractivity contribution in [1.29, 1.82) is 0 Å². The van der Waals surface area contributed by atoms with Crippen LogP contribution in [-0.2, 0) is 13.1 Å². The molecule has 0 aliphatic carbocycles. The molecule has 0 saturated carbocycles. The third-order valence-corrected chi connectivity index (χ3v) is 3.71. The van der Waals surface area contributed by atoms with Crippen LogP contribution in [0.5, 0.6) is 0 Å². The van der Waals surface area contributed by atoms with Crippen molar-refractivity contribution in [1.82, 2.24) is 19.3 Å². The average molecular weight is 350 g/mol. The molecule has 2 aromatic rings. The molecule has 0 bridgehead atoms. The van der Waals surface area contributed by atoms with Crippen molar-refractivity contribution in [2.75, 3.05) is 11.9 Å². The highest BCUT2D eigenvalue weighted by molar-refractivity contribution is 9.10. The lowest BCUT2D eigenvalue weighted by atomic mass is 10.3. The zero-order valence-electron chi connectivity index (χ0n) is 11.5. The second kappa shape index (κ2) is 7.64. The summed E-state index contributed by atoms with van der Waals surface area (Å²) in [4.78, 5) is 15.9. The van der Waals surface area contributed by atoms with E-state index in [4.69, 9.17) is 6.42 Å². The number of aromatic nitrogens is 4. The van der Waals surface area contributed by atoms with Gasteiger partial charge in [0.2, 0.25) is 0 Å². The predicted molar refractivity (Wildman–Crippen MR) is 85.0 cm³/mol. The van der Waals surface area contributed by atoms with Crippen LogP contribution < -0.4 is 10.9 Å². The molecule has 2 aromatic heterocycles. The Morgan fingerprint density at radius 1 is 1.43 bits per heavy atom. The molecule has 110 valence electrons. The number of nitrogens with zero attached hydrogens (tertiary/aromatic N) is 4. The van der Waals surface area contributed by atoms with E-state index >= 15 is 0 Å². The number of hydrogen-bond donors (Lipinski definition) is 1. The summed E-state index contributed by atoms with van der Waals surface area (Å²) in [6.07, 6.45) is 14.3. The van der Waals surface area contributed by atoms with E-state index in [-0.39, 0.29) is 12.1 Å². The SMILES string of the molecule is C#CCn1ncc(NCCCCn2ccnc2)c(Br)c1=O. The minimum Gasteiger partial charge on any atom is -0.383 e. The first-order valence-corrected chi connectivity index (χ1v) is 7.40. The Balaban J connectivity index is 1.82. The van der Waals surface area contributed by atoms with E-state index < -0.39 is 0 Å². The first kappa shape index (κ1) is 15.3. The van der Waals surface area contributed by atoms with E-state index in [0.29, 0.717) is 10.2 Å². The number of terminal acetylenes is 1. The molecular weight excluding hydrogens is 334 g/mol. The fraction of sp³-hybridized carbons (Fsp3) is 0.357. The molecule has 0 atom stereocenters. The molecule has 0 amide bonds. The second-order valence-electron chi connectivity index (χ2n) is 4.47. The smallest absolute Gasteiger partial charge is 0.284 e. The Bertz CT molecular complexity index is 672. The van der Waals surface area contributed by atoms with Crippen molar-refractivity contribution < 1.29 is 0 Å². The minimum atomic E-state index is -0.226. The molecule has 2 rings (SSSR count). The fourth-order valence-electron chi connectivity index (χ4n) is 1.85. The monoisotopic (exact) mass is 349 g/mol. The molecule has 0 aliphatic heterocycles. The molecule has 0 radical (unpaired) electrons. The van der Waals surface area contributed by atoms with Crippen LogP contribution in [0.2, 0.25) is 0 Å². The van der Waals surface area contributed by atoms with E-state index in [1.54, 1.807) is 18.7 Å². The minimum absolute atomic E-state index is 0.169. The van der Waals surface area contributed by atoms with Gasteiger partial charge in [0, 0.05) is 25.5 Å². The molecule has 0 unspecified atom stereocenters. The van der Waals surface area contributed by atoms with Crippen LogP contribution in [0.1, 0.15) is 12.8 Å². The van der Waals surface area contributed by atoms with Crippen LogP contribution in [-0.4, -0.2) is 25.9 Å². The average Bonchev–Trinajstić information content (AvgIpc) is 2.99. The molecule has 0 fully saturated rings. The van der Waals surface area contributed by atoms with Gasteiger partial charge in [0.25, 0.3) is 5.56 Å². The summed E-state index contributed by atoms with van der Waals surface area (Å²) in [5.41, 5.74) is 0.465. The quantitative estimate of drug-likeness (QED) is 0.610. The van der Waals surface area contributed by atoms with E-state index in [1.807, 2.05) is 10.8 Å². The zero-order chi connectivity index (χ0) is 15.1. The van der Waals surface area contributed by atoms with Gasteiger partial charge < -0.3 is 9.88 Å². The summed E-state index contributed by atoms with van der Waals surface area (Å²) < 4.78 is 3.75. The lowest BCUT2D eigenvalue weighted by molar-refractivity contribution is 0.620. The van der Waals surface area contributed by atoms with E-state index in [0.717, 1.165) is 25.9 Å². The Morgan fingerprint density at radius 3 is 3.00 bits per heavy atom. The number of rotatable bonds is 7. The molecule has 0 aliphatic rings. The Morgan fingerprint density at radius 2 is 2.29 bits per heavy atom. The topological polar surface area (TPSA) is 64.7 Å². The van der Waals surface area contributed by atoms with Crippen LogP contribution in [0.25, 0.3) is 0 Å². The van der Waals surface area contributed by atoms with Crippen molar-refractivity contribution in [3.8, 4) is 12.3 Å². The van der Waals surface area contributed by atoms with Crippen LogP contribution in [0.15, 0.2) is 34.2 Å². The number of anilines is 1. The first-order chi connectivity index (χ1) is 10.2. The van der Waals surface area contributed by atoms with Gasteiger partial charge in [-0.3, -0.25) is 4.79 Å². The van der Waals surface area contributed by atoms with E-state index in [1.165, 1.54) is 4.68 Å². The molecule has 1 N–H and O–H groups in total. The van der Waals surface area contributed by atoms with Gasteiger partial charge in [-0.05, 0) is 28.8 Å². The summed E-state index contributed by atoms with van der Waals surface area (Å²) in [6, 6.07) is 0. The standard InChI is InChI=1S/C14H16BrN5O/c1-2-7-20-14(21)13(15)12(10-18-20)17-5-3-4-8-19-9-6-16-11-19/h1,6,9-11,17H,3-5,7-8H2. The molecule has 21 heavy (non-hydrogen) atoms. The van der Waals surface area contributed by atoms with Crippen LogP contribution >= 0.6 is 15.9 Å². The summed E-state index contributed by atoms with van der Waals surface area (Å²) in [5.74, 6) is 2.40. The van der Waals surface area contributed by atoms with Gasteiger partial charge in [0.1, 0.15) is 11.0 Å². The van der Waals surface area contributed by atoms with Crippen molar-refractivity contribution in [3.63, 3.8) is 0 Å². The normalized spacial score (nSPS) is 10.3. The van der Waals surface area contributed by atoms with Crippen LogP contribution in [0.3, 0.4) is 0 Å². The maximum absolute atomic E-state index is 11.9. The largest absolute Gasteiger partial charge is 0.383 e. The van der Waals surface area contributed by atoms with Crippen molar-refractivity contribution >= 4 is 21.6 Å². The highest BCUT2D eigenvalue weighted by Crippen LogP contribution is 2.16. The summed E-state index contributed by atoms with van der Waals surface area (Å²) in [5, 5.41) is 7.23. The third-order valence-electron chi connectivity index (χ3n) is 2.94. The molecular formula is C14H16BrN5O. The van der Waals surface area contributed by atoms with Gasteiger partial charge in [0.15, 0.2) is 0 Å². The van der Waals surface area contributed by atoms with Gasteiger partial charge in [-0.25, -0.2) is 9.67 Å². The molecule has 0 aromatic carbocycles. The number of nitrogens with one attached hydrogen (secondary N) is 1. The summed E-state index contributed by atoms with van der Waals surface area (Å²) >= 11 is 3.28. The van der Waals surface area contributed by atoms with Gasteiger partial charge in [-0.1, -0.05) is 5.92 Å². The molecule has 7 heteroatoms. The number of aryl methyl sites for hydroxylation is 1. The lowest BCUT2D eigenvalue weighted by Crippen LogP contribution is -2.24. The summed E-state index contributed by atoms with van der Waals surface area (Å²) in [6.45, 7) is 1.88. The predicted octanol–water partition coefficient (Wildman–Crippen LogP) is 1.73. The molecule has 0 spiro atoms. The Hall–Kier alpha value is -2.07. The third kappa shape index (κ3) is 4.20. The summed E-state index contributed by atoms with van der Waals surface area (Å²) in [7, 11) is 0. The van der Waals surface area contributed by atoms with Crippen LogP contribution in [0.4, 0.5) is 5.69 Å². The molecule has 2 heterocycles. The van der Waals surface area contributed by atoms with Gasteiger partial charge in [-0.15, -0.1) is 6.42 Å². The molecule has 6 nitrogen and oxygen atoms in total.